The van der Waals surface area contributed by atoms with E-state index in [1.807, 2.05) is 13.8 Å². The quantitative estimate of drug-likeness (QED) is 0.140. The van der Waals surface area contributed by atoms with E-state index in [1.54, 1.807) is 0 Å². The third-order valence-corrected chi connectivity index (χ3v) is 14.5. The highest BCUT2D eigenvalue weighted by atomic mass is 16.7. The number of aliphatic hydroxyl groups excluding tert-OH is 9. The number of hydrogen-bond donors (Lipinski definition) is 10. The minimum absolute atomic E-state index is 0.0880. The first-order chi connectivity index (χ1) is 22.4. The molecule has 0 aromatic rings. The molecule has 3 saturated heterocycles. The fourth-order valence-corrected chi connectivity index (χ4v) is 11.7. The lowest BCUT2D eigenvalue weighted by molar-refractivity contribution is -0.345. The number of hydrogen-bond acceptors (Lipinski definition) is 15. The summed E-state index contributed by atoms with van der Waals surface area (Å²) in [7, 11) is 0. The van der Waals surface area contributed by atoms with E-state index in [0.717, 1.165) is 0 Å². The van der Waals surface area contributed by atoms with Gasteiger partial charge in [-0.1, -0.05) is 27.7 Å². The number of carbonyl (C=O) groups is 1. The number of aliphatic hydroxyl groups is 10. The van der Waals surface area contributed by atoms with Gasteiger partial charge in [0, 0.05) is 23.7 Å². The Morgan fingerprint density at radius 1 is 0.896 bits per heavy atom. The molecule has 0 aromatic heterocycles. The minimum atomic E-state index is -2.68. The second-order valence-corrected chi connectivity index (χ2v) is 16.4. The molecule has 0 radical (unpaired) electrons. The summed E-state index contributed by atoms with van der Waals surface area (Å²) in [5.41, 5.74) is -4.90. The van der Waals surface area contributed by atoms with E-state index in [1.165, 1.54) is 6.92 Å². The Hall–Kier alpha value is -0.890. The first-order valence-electron chi connectivity index (χ1n) is 17.4. The third kappa shape index (κ3) is 4.35. The second-order valence-electron chi connectivity index (χ2n) is 16.4. The summed E-state index contributed by atoms with van der Waals surface area (Å²) in [6.45, 7) is 7.19. The van der Waals surface area contributed by atoms with Crippen LogP contribution in [0.3, 0.4) is 0 Å². The molecule has 3 aliphatic heterocycles. The fraction of sp³-hybridized carbons (Fsp3) is 0.970. The summed E-state index contributed by atoms with van der Waals surface area (Å²) in [5.74, 6) is -4.30. The zero-order chi connectivity index (χ0) is 35.0. The van der Waals surface area contributed by atoms with Crippen molar-refractivity contribution >= 4 is 5.78 Å². The molecule has 7 unspecified atom stereocenters. The molecule has 4 saturated carbocycles. The van der Waals surface area contributed by atoms with Gasteiger partial charge in [0.2, 0.25) is 0 Å². The lowest BCUT2D eigenvalue weighted by Crippen LogP contribution is -2.82. The van der Waals surface area contributed by atoms with E-state index in [-0.39, 0.29) is 42.8 Å². The maximum Gasteiger partial charge on any atom is 0.196 e. The number of ketones is 1. The van der Waals surface area contributed by atoms with E-state index in [2.05, 4.69) is 6.92 Å². The molecule has 15 nitrogen and oxygen atoms in total. The predicted molar refractivity (Wildman–Crippen MR) is 159 cm³/mol. The summed E-state index contributed by atoms with van der Waals surface area (Å²) < 4.78 is 25.1. The highest BCUT2D eigenvalue weighted by molar-refractivity contribution is 5.94. The van der Waals surface area contributed by atoms with E-state index in [0.29, 0.717) is 19.3 Å². The topological polar surface area (TPSA) is 256 Å². The molecule has 7 fully saturated rings. The van der Waals surface area contributed by atoms with Gasteiger partial charge in [-0.2, -0.15) is 0 Å². The Kier molecular flexibility index (Phi) is 8.55. The van der Waals surface area contributed by atoms with Gasteiger partial charge in [-0.25, -0.2) is 0 Å². The molecule has 7 aliphatic rings. The summed E-state index contributed by atoms with van der Waals surface area (Å²) in [4.78, 5) is 13.8. The molecule has 7 rings (SSSR count). The Bertz CT molecular complexity index is 1270. The van der Waals surface area contributed by atoms with Crippen LogP contribution in [0.15, 0.2) is 0 Å². The van der Waals surface area contributed by atoms with Gasteiger partial charge in [-0.05, 0) is 48.3 Å². The maximum absolute atomic E-state index is 13.8. The van der Waals surface area contributed by atoms with Crippen molar-refractivity contribution in [1.82, 2.24) is 0 Å². The van der Waals surface area contributed by atoms with Crippen LogP contribution in [0.25, 0.3) is 0 Å². The van der Waals surface area contributed by atoms with Crippen LogP contribution in [-0.2, 0) is 23.7 Å². The molecule has 3 heterocycles. The van der Waals surface area contributed by atoms with Crippen LogP contribution in [0.1, 0.15) is 53.4 Å². The molecule has 0 amide bonds. The molecule has 0 aromatic carbocycles. The van der Waals surface area contributed by atoms with Gasteiger partial charge >= 0.3 is 0 Å². The average Bonchev–Trinajstić information content (AvgIpc) is 3.50. The van der Waals surface area contributed by atoms with Gasteiger partial charge in [0.15, 0.2) is 23.5 Å². The van der Waals surface area contributed by atoms with Crippen LogP contribution in [0.4, 0.5) is 0 Å². The third-order valence-electron chi connectivity index (χ3n) is 14.5. The SMILES string of the molecule is CC1C2C(CC3C4C(O)C(=O)[C@]5(O)[C@@H](O)[C@@H](O)[C@@H](O)[C@@H](O)[C@]5(C)C4CC[C@@]32C)O[C@@]12C[C@H](O[C@@H]1O[C@H](CO)[C@@H](O)[C@H](O)[C@H]1O)[C@H](C)CO2. The van der Waals surface area contributed by atoms with E-state index < -0.39 is 114 Å². The van der Waals surface area contributed by atoms with Crippen LogP contribution >= 0.6 is 0 Å². The van der Waals surface area contributed by atoms with Crippen LogP contribution in [0, 0.1) is 46.3 Å². The molecule has 0 bridgehead atoms. The predicted octanol–water partition coefficient (Wildman–Crippen LogP) is -3.23. The zero-order valence-electron chi connectivity index (χ0n) is 27.6. The molecule has 4 aliphatic carbocycles. The monoisotopic (exact) mass is 688 g/mol. The van der Waals surface area contributed by atoms with Crippen molar-refractivity contribution in [2.24, 2.45) is 46.3 Å². The van der Waals surface area contributed by atoms with E-state index in [9.17, 15) is 55.9 Å². The van der Waals surface area contributed by atoms with Gasteiger partial charge in [0.05, 0.1) is 31.5 Å². The molecule has 15 heteroatoms. The van der Waals surface area contributed by atoms with Crippen molar-refractivity contribution in [3.8, 4) is 0 Å². The first kappa shape index (κ1) is 35.5. The number of rotatable bonds is 3. The van der Waals surface area contributed by atoms with Crippen LogP contribution < -0.4 is 0 Å². The van der Waals surface area contributed by atoms with Crippen LogP contribution in [0.2, 0.25) is 0 Å². The number of carbonyl (C=O) groups excluding carboxylic acids is 1. The maximum atomic E-state index is 13.8. The lowest BCUT2D eigenvalue weighted by Gasteiger charge is -2.66. The second kappa shape index (κ2) is 11.6. The summed E-state index contributed by atoms with van der Waals surface area (Å²) >= 11 is 0. The summed E-state index contributed by atoms with van der Waals surface area (Å²) in [6, 6.07) is 0. The van der Waals surface area contributed by atoms with E-state index >= 15 is 0 Å². The summed E-state index contributed by atoms with van der Waals surface area (Å²) in [5, 5.41) is 107. The Balaban J connectivity index is 1.14. The highest BCUT2D eigenvalue weighted by Crippen LogP contribution is 2.71. The molecule has 22 atom stereocenters. The van der Waals surface area contributed by atoms with Gasteiger partial charge in [0.25, 0.3) is 0 Å². The van der Waals surface area contributed by atoms with Gasteiger partial charge < -0.3 is 70.0 Å². The van der Waals surface area contributed by atoms with Crippen molar-refractivity contribution in [3.05, 3.63) is 0 Å². The van der Waals surface area contributed by atoms with Crippen molar-refractivity contribution in [2.75, 3.05) is 13.2 Å². The Labute approximate surface area is 278 Å². The van der Waals surface area contributed by atoms with Crippen molar-refractivity contribution in [3.63, 3.8) is 0 Å². The molecule has 48 heavy (non-hydrogen) atoms. The fourth-order valence-electron chi connectivity index (χ4n) is 11.7. The van der Waals surface area contributed by atoms with E-state index in [4.69, 9.17) is 18.9 Å². The highest BCUT2D eigenvalue weighted by Gasteiger charge is 2.79. The standard InChI is InChI=1S/C33H52O15/c1-11-10-45-32(8-16(11)46-29-25(40)22(37)20(35)17(9-34)47-29)12(2)19-15(48-32)7-14-18-13(5-6-30(14,19)3)31(4)26(41)23(38)24(39)28(43)33(31,44)27(42)21(18)36/h11-26,28-29,34-41,43-44H,5-10H2,1-4H3/t11-,12?,13?,14?,15?,16+,17-,18?,19?,20-,21?,22+,23-,24+,25-,26-,28+,29-,30+,31+,32+,33+/m1/s1. The molecule has 10 N–H and O–H groups in total. The number of Topliss-reactive ketones (excluding diaryl/α,β-unsaturated/α-hetero) is 1. The van der Waals surface area contributed by atoms with Crippen molar-refractivity contribution in [2.45, 2.75) is 138 Å². The molecular formula is C33H52O15. The zero-order valence-corrected chi connectivity index (χ0v) is 27.6. The van der Waals surface area contributed by atoms with Crippen LogP contribution in [-0.4, -0.2) is 155 Å². The van der Waals surface area contributed by atoms with Gasteiger partial charge in [-0.15, -0.1) is 0 Å². The summed E-state index contributed by atoms with van der Waals surface area (Å²) in [6.07, 6.45) is -15.7. The Morgan fingerprint density at radius 3 is 2.23 bits per heavy atom. The minimum Gasteiger partial charge on any atom is -0.394 e. The smallest absolute Gasteiger partial charge is 0.196 e. The molecule has 274 valence electrons. The first-order valence-corrected chi connectivity index (χ1v) is 17.4. The average molecular weight is 689 g/mol. The molecule has 1 spiro atoms. The lowest BCUT2D eigenvalue weighted by atomic mass is 9.40. The van der Waals surface area contributed by atoms with Gasteiger partial charge in [-0.3, -0.25) is 4.79 Å². The number of ether oxygens (including phenoxy) is 4. The van der Waals surface area contributed by atoms with Crippen molar-refractivity contribution < 1.29 is 74.8 Å². The molecular weight excluding hydrogens is 636 g/mol. The van der Waals surface area contributed by atoms with Gasteiger partial charge in [0.1, 0.15) is 48.8 Å². The van der Waals surface area contributed by atoms with Crippen molar-refractivity contribution in [1.29, 1.82) is 0 Å². The Morgan fingerprint density at radius 2 is 1.56 bits per heavy atom. The van der Waals surface area contributed by atoms with Crippen LogP contribution in [0.5, 0.6) is 0 Å². The number of fused-ring (bicyclic) bond motifs is 7. The normalized spacial score (nSPS) is 62.7. The largest absolute Gasteiger partial charge is 0.394 e.